The van der Waals surface area contributed by atoms with E-state index in [4.69, 9.17) is 4.74 Å². The first-order valence-electron chi connectivity index (χ1n) is 10.7. The van der Waals surface area contributed by atoms with E-state index >= 15 is 0 Å². The molecule has 9 heteroatoms. The van der Waals surface area contributed by atoms with Gasteiger partial charge in [0.15, 0.2) is 0 Å². The summed E-state index contributed by atoms with van der Waals surface area (Å²) in [6.45, 7) is 10.1. The minimum absolute atomic E-state index is 0.0298. The summed E-state index contributed by atoms with van der Waals surface area (Å²) >= 11 is 0.955. The largest absolute Gasteiger partial charge is 0.477 e. The summed E-state index contributed by atoms with van der Waals surface area (Å²) in [7, 11) is 0. The number of rotatable bonds is 6. The van der Waals surface area contributed by atoms with Crippen molar-refractivity contribution in [1.29, 1.82) is 0 Å². The normalized spacial score (nSPS) is 16.6. The molecule has 1 unspecified atom stereocenters. The zero-order valence-electron chi connectivity index (χ0n) is 19.7. The van der Waals surface area contributed by atoms with Gasteiger partial charge in [-0.15, -0.1) is 11.3 Å². The van der Waals surface area contributed by atoms with Crippen LogP contribution in [0.15, 0.2) is 30.3 Å². The van der Waals surface area contributed by atoms with Crippen LogP contribution in [-0.2, 0) is 16.0 Å². The first-order valence-corrected chi connectivity index (χ1v) is 11.5. The summed E-state index contributed by atoms with van der Waals surface area (Å²) in [5, 5.41) is 21.3. The van der Waals surface area contributed by atoms with Crippen molar-refractivity contribution >= 4 is 34.2 Å². The molecule has 2 N–H and O–H groups in total. The number of aromatic carboxylic acids is 1. The van der Waals surface area contributed by atoms with Crippen LogP contribution in [0.1, 0.15) is 65.8 Å². The number of carbonyl (C=O) groups excluding carboxylic acids is 2. The molecule has 2 aromatic rings. The quantitative estimate of drug-likeness (QED) is 0.615. The molecule has 0 saturated carbocycles. The minimum Gasteiger partial charge on any atom is -0.477 e. The maximum absolute atomic E-state index is 13.6. The highest BCUT2D eigenvalue weighted by Gasteiger charge is 2.51. The smallest absolute Gasteiger partial charge is 0.346 e. The second-order valence-electron chi connectivity index (χ2n) is 9.55. The number of aliphatic hydroxyl groups excluding tert-OH is 1. The molecular formula is C24H30N2O6S. The summed E-state index contributed by atoms with van der Waals surface area (Å²) in [6.07, 6.45) is -0.929. The van der Waals surface area contributed by atoms with Gasteiger partial charge in [-0.05, 0) is 59.1 Å². The fourth-order valence-corrected chi connectivity index (χ4v) is 4.96. The molecule has 178 valence electrons. The molecule has 0 saturated heterocycles. The molecule has 2 heterocycles. The van der Waals surface area contributed by atoms with Gasteiger partial charge in [0.05, 0.1) is 5.56 Å². The minimum atomic E-state index is -1.51. The molecule has 1 aromatic carbocycles. The van der Waals surface area contributed by atoms with Gasteiger partial charge in [-0.3, -0.25) is 9.69 Å². The number of amides is 1. The highest BCUT2D eigenvalue weighted by Crippen LogP contribution is 2.43. The van der Waals surface area contributed by atoms with E-state index in [-0.39, 0.29) is 10.4 Å². The van der Waals surface area contributed by atoms with Crippen molar-refractivity contribution in [2.75, 3.05) is 11.4 Å². The van der Waals surface area contributed by atoms with Gasteiger partial charge in [0.1, 0.15) is 21.0 Å². The van der Waals surface area contributed by atoms with Gasteiger partial charge in [-0.1, -0.05) is 30.3 Å². The van der Waals surface area contributed by atoms with Gasteiger partial charge in [0.25, 0.3) is 5.91 Å². The van der Waals surface area contributed by atoms with E-state index in [1.807, 2.05) is 30.3 Å². The van der Waals surface area contributed by atoms with Crippen LogP contribution in [-0.4, -0.2) is 57.0 Å². The molecule has 1 aliphatic rings. The van der Waals surface area contributed by atoms with E-state index < -0.39 is 35.3 Å². The molecule has 33 heavy (non-hydrogen) atoms. The molecule has 0 radical (unpaired) electrons. The number of ether oxygens (including phenoxy) is 1. The van der Waals surface area contributed by atoms with E-state index in [9.17, 15) is 24.6 Å². The van der Waals surface area contributed by atoms with E-state index in [0.717, 1.165) is 21.8 Å². The SMILES string of the molecule is Cc1c(C(=O)O)sc2c1C(=O)N(C(C)(C)C(=O)OC(C)(C)C)C(O)N2CCc1ccccc1. The summed E-state index contributed by atoms with van der Waals surface area (Å²) in [5.74, 6) is -2.42. The average Bonchev–Trinajstić information content (AvgIpc) is 3.05. The Bertz CT molecular complexity index is 1070. The molecule has 1 aliphatic heterocycles. The van der Waals surface area contributed by atoms with Gasteiger partial charge < -0.3 is 19.8 Å². The third-order valence-electron chi connectivity index (χ3n) is 5.51. The zero-order chi connectivity index (χ0) is 24.7. The summed E-state index contributed by atoms with van der Waals surface area (Å²) in [4.78, 5) is 41.1. The number of hydrogen-bond acceptors (Lipinski definition) is 7. The standard InChI is InChI=1S/C24H30N2O6S/c1-14-16-18(27)26(24(5,6)21(30)32-23(2,3)4)22(31)25(19(16)33-17(14)20(28)29)13-12-15-10-8-7-9-11-15/h7-11,22,31H,12-13H2,1-6H3,(H,28,29). The number of anilines is 1. The highest BCUT2D eigenvalue weighted by atomic mass is 32.1. The highest BCUT2D eigenvalue weighted by molar-refractivity contribution is 7.18. The number of nitrogens with zero attached hydrogens (tertiary/aromatic N) is 2. The lowest BCUT2D eigenvalue weighted by Crippen LogP contribution is -2.65. The average molecular weight is 475 g/mol. The summed E-state index contributed by atoms with van der Waals surface area (Å²) in [5.41, 5.74) is -0.774. The fraction of sp³-hybridized carbons (Fsp3) is 0.458. The van der Waals surface area contributed by atoms with Crippen LogP contribution in [0.25, 0.3) is 0 Å². The van der Waals surface area contributed by atoms with Crippen molar-refractivity contribution in [2.45, 2.75) is 65.5 Å². The number of benzene rings is 1. The van der Waals surface area contributed by atoms with Crippen LogP contribution in [0, 0.1) is 6.92 Å². The van der Waals surface area contributed by atoms with Gasteiger partial charge in [-0.2, -0.15) is 0 Å². The van der Waals surface area contributed by atoms with E-state index in [0.29, 0.717) is 23.5 Å². The fourth-order valence-electron chi connectivity index (χ4n) is 3.78. The molecule has 8 nitrogen and oxygen atoms in total. The zero-order valence-corrected chi connectivity index (χ0v) is 20.5. The molecule has 3 rings (SSSR count). The van der Waals surface area contributed by atoms with Gasteiger partial charge >= 0.3 is 11.9 Å². The first-order chi connectivity index (χ1) is 15.3. The lowest BCUT2D eigenvalue weighted by molar-refractivity contribution is -0.172. The first kappa shape index (κ1) is 24.7. The number of hydrogen-bond donors (Lipinski definition) is 2. The lowest BCUT2D eigenvalue weighted by Gasteiger charge is -2.47. The predicted molar refractivity (Wildman–Crippen MR) is 126 cm³/mol. The monoisotopic (exact) mass is 474 g/mol. The summed E-state index contributed by atoms with van der Waals surface area (Å²) < 4.78 is 5.52. The van der Waals surface area contributed by atoms with Crippen LogP contribution < -0.4 is 4.90 Å². The van der Waals surface area contributed by atoms with Crippen LogP contribution in [0.2, 0.25) is 0 Å². The second kappa shape index (κ2) is 8.79. The number of fused-ring (bicyclic) bond motifs is 1. The Hall–Kier alpha value is -2.91. The molecule has 0 fully saturated rings. The Labute approximate surface area is 197 Å². The van der Waals surface area contributed by atoms with Crippen molar-refractivity contribution < 1.29 is 29.3 Å². The number of thiophene rings is 1. The Morgan fingerprint density at radius 2 is 1.73 bits per heavy atom. The van der Waals surface area contributed by atoms with Gasteiger partial charge in [0, 0.05) is 6.54 Å². The number of carboxylic acid groups (broad SMARTS) is 1. The van der Waals surface area contributed by atoms with Crippen molar-refractivity contribution in [3.8, 4) is 0 Å². The van der Waals surface area contributed by atoms with E-state index in [1.165, 1.54) is 13.8 Å². The second-order valence-corrected chi connectivity index (χ2v) is 10.6. The number of esters is 1. The predicted octanol–water partition coefficient (Wildman–Crippen LogP) is 3.66. The maximum Gasteiger partial charge on any atom is 0.346 e. The molecule has 1 aromatic heterocycles. The van der Waals surface area contributed by atoms with Crippen molar-refractivity contribution in [1.82, 2.24) is 4.90 Å². The van der Waals surface area contributed by atoms with Gasteiger partial charge in [0.2, 0.25) is 6.35 Å². The Kier molecular flexibility index (Phi) is 6.59. The van der Waals surface area contributed by atoms with E-state index in [1.54, 1.807) is 32.6 Å². The Balaban J connectivity index is 2.07. The summed E-state index contributed by atoms with van der Waals surface area (Å²) in [6, 6.07) is 9.63. The van der Waals surface area contributed by atoms with Crippen molar-refractivity contribution in [3.05, 3.63) is 51.9 Å². The van der Waals surface area contributed by atoms with Crippen LogP contribution in [0.3, 0.4) is 0 Å². The number of aliphatic hydroxyl groups is 1. The molecule has 0 bridgehead atoms. The Morgan fingerprint density at radius 1 is 1.12 bits per heavy atom. The van der Waals surface area contributed by atoms with Crippen molar-refractivity contribution in [2.24, 2.45) is 0 Å². The van der Waals surface area contributed by atoms with Gasteiger partial charge in [-0.25, -0.2) is 9.59 Å². The third-order valence-corrected chi connectivity index (χ3v) is 6.83. The molecule has 1 amide bonds. The van der Waals surface area contributed by atoms with E-state index in [2.05, 4.69) is 0 Å². The van der Waals surface area contributed by atoms with Crippen LogP contribution >= 0.6 is 11.3 Å². The number of carbonyl (C=O) groups is 3. The topological polar surface area (TPSA) is 107 Å². The Morgan fingerprint density at radius 3 is 2.27 bits per heavy atom. The lowest BCUT2D eigenvalue weighted by atomic mass is 9.98. The molecule has 0 spiro atoms. The van der Waals surface area contributed by atoms with Crippen LogP contribution in [0.4, 0.5) is 5.00 Å². The number of carboxylic acids is 1. The van der Waals surface area contributed by atoms with Crippen LogP contribution in [0.5, 0.6) is 0 Å². The third kappa shape index (κ3) is 4.74. The maximum atomic E-state index is 13.6. The molecule has 1 atom stereocenters. The molecule has 0 aliphatic carbocycles. The molecular weight excluding hydrogens is 444 g/mol. The van der Waals surface area contributed by atoms with Crippen molar-refractivity contribution in [3.63, 3.8) is 0 Å².